The molecule has 2 fully saturated rings. The van der Waals surface area contributed by atoms with Gasteiger partial charge in [0.15, 0.2) is 8.67 Å². The lowest BCUT2D eigenvalue weighted by Gasteiger charge is -2.52. The Bertz CT molecular complexity index is 1520. The van der Waals surface area contributed by atoms with Gasteiger partial charge in [0.2, 0.25) is 0 Å². The largest absolute Gasteiger partial charge is 0.294 e. The average molecular weight is 768 g/mol. The minimum Gasteiger partial charge on any atom is -0.282 e. The first-order valence-electron chi connectivity index (χ1n) is 10.4. The molecule has 0 aliphatic heterocycles. The SMILES string of the molecule is Cc1cc2c(cc1S(=O)(=O)O)[C@@H]1[C@H]([C@@H]3[C@@H]2[C@@]2(Cl)C(Cl)=C(Cl)[C@@]3(Cl)C2(Cl)Cl)[C@@]2(Cl)C(Cl)=C(Cl)[C@@]1(Cl)C2(Cl)Cl. The Balaban J connectivity index is 1.82. The van der Waals surface area contributed by atoms with Crippen LogP contribution in [0.25, 0.3) is 0 Å². The molecule has 2 saturated carbocycles. The first-order chi connectivity index (χ1) is 16.6. The molecule has 1 aromatic carbocycles. The molecule has 6 rings (SSSR count). The maximum absolute atomic E-state index is 12.3. The second-order valence-electron chi connectivity index (χ2n) is 9.98. The fourth-order valence-corrected chi connectivity index (χ4v) is 14.1. The van der Waals surface area contributed by atoms with Gasteiger partial charge in [-0.1, -0.05) is 98.9 Å². The third kappa shape index (κ3) is 2.68. The molecule has 1 aromatic rings. The molecule has 0 spiro atoms. The van der Waals surface area contributed by atoms with Crippen LogP contribution in [-0.4, -0.2) is 41.1 Å². The van der Waals surface area contributed by atoms with Gasteiger partial charge >= 0.3 is 0 Å². The van der Waals surface area contributed by atoms with Crippen molar-refractivity contribution in [1.82, 2.24) is 0 Å². The van der Waals surface area contributed by atoms with Crippen molar-refractivity contribution in [2.24, 2.45) is 11.8 Å². The molecule has 37 heavy (non-hydrogen) atoms. The highest BCUT2D eigenvalue weighted by Crippen LogP contribution is 2.88. The first-order valence-corrected chi connectivity index (χ1v) is 16.4. The van der Waals surface area contributed by atoms with E-state index in [0.29, 0.717) is 5.56 Å². The van der Waals surface area contributed by atoms with Gasteiger partial charge < -0.3 is 0 Å². The zero-order chi connectivity index (χ0) is 27.8. The van der Waals surface area contributed by atoms with Gasteiger partial charge in [-0.25, -0.2) is 0 Å². The van der Waals surface area contributed by atoms with Crippen LogP contribution < -0.4 is 0 Å². The standard InChI is InChI=1S/C21H10Cl12O3S/c1-4-2-5-6(3-7(4)37(34,35)36)9-11(19(29)15(25)13(23)17(9,27)21(19,32)33)10-8(5)16(26)12(22)14(24)18(10,28)20(16,30)31/h2-3,8-11H,1H3,(H,34,35,36)/t8-,9-,10+,11-,16-,17-,18-,19-/m1/s1. The van der Waals surface area contributed by atoms with Crippen molar-refractivity contribution in [2.75, 3.05) is 0 Å². The Morgan fingerprint density at radius 2 is 0.973 bits per heavy atom. The van der Waals surface area contributed by atoms with E-state index in [0.717, 1.165) is 0 Å². The van der Waals surface area contributed by atoms with Gasteiger partial charge in [-0.3, -0.25) is 4.55 Å². The summed E-state index contributed by atoms with van der Waals surface area (Å²) in [6, 6.07) is 2.78. The van der Waals surface area contributed by atoms with E-state index in [2.05, 4.69) is 0 Å². The van der Waals surface area contributed by atoms with Gasteiger partial charge in [-0.15, -0.1) is 46.4 Å². The van der Waals surface area contributed by atoms with Crippen LogP contribution in [0, 0.1) is 18.8 Å². The summed E-state index contributed by atoms with van der Waals surface area (Å²) < 4.78 is 30.5. The molecular weight excluding hydrogens is 758 g/mol. The van der Waals surface area contributed by atoms with Crippen molar-refractivity contribution < 1.29 is 13.0 Å². The molecule has 3 nitrogen and oxygen atoms in total. The number of aryl methyl sites for hydroxylation is 1. The van der Waals surface area contributed by atoms with E-state index in [-0.39, 0.29) is 36.2 Å². The fourth-order valence-electron chi connectivity index (χ4n) is 7.32. The molecule has 0 heterocycles. The van der Waals surface area contributed by atoms with Crippen molar-refractivity contribution >= 4 is 149 Å². The van der Waals surface area contributed by atoms with Crippen LogP contribution in [0.3, 0.4) is 0 Å². The molecule has 1 N–H and O–H groups in total. The Labute approximate surface area is 272 Å². The number of allylic oxidation sites excluding steroid dienone is 4. The lowest BCUT2D eigenvalue weighted by molar-refractivity contribution is 0.201. The van der Waals surface area contributed by atoms with E-state index in [4.69, 9.17) is 139 Å². The number of alkyl halides is 8. The molecule has 5 aliphatic carbocycles. The van der Waals surface area contributed by atoms with Crippen molar-refractivity contribution in [3.05, 3.63) is 49.0 Å². The van der Waals surface area contributed by atoms with Gasteiger partial charge in [0.1, 0.15) is 19.5 Å². The summed E-state index contributed by atoms with van der Waals surface area (Å²) in [7, 11) is -4.68. The van der Waals surface area contributed by atoms with Crippen LogP contribution in [-0.2, 0) is 10.1 Å². The van der Waals surface area contributed by atoms with Crippen molar-refractivity contribution in [2.45, 2.75) is 51.8 Å². The van der Waals surface area contributed by atoms with Crippen molar-refractivity contribution in [3.8, 4) is 0 Å². The maximum Gasteiger partial charge on any atom is 0.294 e. The molecule has 8 atom stereocenters. The van der Waals surface area contributed by atoms with Gasteiger partial charge in [0.25, 0.3) is 10.1 Å². The first kappa shape index (κ1) is 29.2. The molecule has 0 saturated heterocycles. The average Bonchev–Trinajstić information content (AvgIpc) is 3.12. The van der Waals surface area contributed by atoms with E-state index in [1.165, 1.54) is 19.1 Å². The van der Waals surface area contributed by atoms with Crippen LogP contribution in [0.4, 0.5) is 0 Å². The summed E-state index contributed by atoms with van der Waals surface area (Å²) >= 11 is 83.3. The van der Waals surface area contributed by atoms with Crippen LogP contribution in [0.15, 0.2) is 37.2 Å². The third-order valence-electron chi connectivity index (χ3n) is 8.70. The fraction of sp³-hybridized carbons (Fsp3) is 0.524. The molecule has 0 amide bonds. The molecule has 5 aliphatic rings. The Kier molecular flexibility index (Phi) is 6.13. The summed E-state index contributed by atoms with van der Waals surface area (Å²) in [5.74, 6) is -3.81. The number of benzene rings is 1. The van der Waals surface area contributed by atoms with E-state index in [1.54, 1.807) is 0 Å². The van der Waals surface area contributed by atoms with E-state index >= 15 is 0 Å². The predicted octanol–water partition coefficient (Wildman–Crippen LogP) is 9.35. The Morgan fingerprint density at radius 1 is 0.649 bits per heavy atom. The zero-order valence-corrected chi connectivity index (χ0v) is 27.6. The van der Waals surface area contributed by atoms with Gasteiger partial charge in [0, 0.05) is 23.7 Å². The predicted molar refractivity (Wildman–Crippen MR) is 154 cm³/mol. The summed E-state index contributed by atoms with van der Waals surface area (Å²) in [6.07, 6.45) is 0. The highest BCUT2D eigenvalue weighted by atomic mass is 35.5. The van der Waals surface area contributed by atoms with Crippen LogP contribution in [0.5, 0.6) is 0 Å². The van der Waals surface area contributed by atoms with E-state index in [1.807, 2.05) is 0 Å². The highest BCUT2D eigenvalue weighted by molar-refractivity contribution is 7.85. The van der Waals surface area contributed by atoms with Crippen LogP contribution >= 0.6 is 139 Å². The smallest absolute Gasteiger partial charge is 0.282 e. The summed E-state index contributed by atoms with van der Waals surface area (Å²) in [5, 5.41) is -0.397. The number of hydrogen-bond acceptors (Lipinski definition) is 2. The molecule has 202 valence electrons. The summed E-state index contributed by atoms with van der Waals surface area (Å²) in [6.45, 7) is 1.49. The monoisotopic (exact) mass is 762 g/mol. The minimum absolute atomic E-state index is 0.0759. The minimum atomic E-state index is -4.68. The summed E-state index contributed by atoms with van der Waals surface area (Å²) in [5.41, 5.74) is 0.924. The van der Waals surface area contributed by atoms with E-state index < -0.39 is 62.0 Å². The maximum atomic E-state index is 12.3. The third-order valence-corrected chi connectivity index (χ3v) is 18.2. The second kappa shape index (κ2) is 7.78. The molecule has 0 radical (unpaired) electrons. The number of hydrogen-bond donors (Lipinski definition) is 1. The molecule has 0 unspecified atom stereocenters. The molecule has 4 bridgehead atoms. The second-order valence-corrected chi connectivity index (χ2v) is 17.9. The van der Waals surface area contributed by atoms with Crippen molar-refractivity contribution in [1.29, 1.82) is 0 Å². The van der Waals surface area contributed by atoms with E-state index in [9.17, 15) is 13.0 Å². The normalized spacial score (nSPS) is 46.4. The van der Waals surface area contributed by atoms with Gasteiger partial charge in [-0.05, 0) is 29.7 Å². The Morgan fingerprint density at radius 3 is 1.32 bits per heavy atom. The quantitative estimate of drug-likeness (QED) is 0.229. The molecule has 0 aromatic heterocycles. The van der Waals surface area contributed by atoms with Crippen LogP contribution in [0.2, 0.25) is 0 Å². The zero-order valence-electron chi connectivity index (χ0n) is 17.7. The lowest BCUT2D eigenvalue weighted by atomic mass is 9.57. The lowest BCUT2D eigenvalue weighted by Crippen LogP contribution is -2.53. The topological polar surface area (TPSA) is 54.4 Å². The highest BCUT2D eigenvalue weighted by Gasteiger charge is 2.91. The number of halogens is 12. The van der Waals surface area contributed by atoms with Crippen molar-refractivity contribution in [3.63, 3.8) is 0 Å². The number of fused-ring (bicyclic) bond motifs is 14. The van der Waals surface area contributed by atoms with Crippen LogP contribution in [0.1, 0.15) is 28.5 Å². The van der Waals surface area contributed by atoms with Gasteiger partial charge in [-0.2, -0.15) is 8.42 Å². The molecular formula is C21H10Cl12O3S. The molecule has 16 heteroatoms. The van der Waals surface area contributed by atoms with Gasteiger partial charge in [0.05, 0.1) is 25.0 Å². The number of rotatable bonds is 1. The Hall–Kier alpha value is 2.09. The summed E-state index contributed by atoms with van der Waals surface area (Å²) in [4.78, 5) is -7.71.